The number of hydrogen-bond acceptors (Lipinski definition) is 7. The van der Waals surface area contributed by atoms with Crippen LogP contribution in [0.5, 0.6) is 23.0 Å². The zero-order valence-electron chi connectivity index (χ0n) is 37.1. The van der Waals surface area contributed by atoms with Gasteiger partial charge in [-0.25, -0.2) is 9.59 Å². The van der Waals surface area contributed by atoms with E-state index in [0.717, 1.165) is 71.5 Å². The molecule has 66 heavy (non-hydrogen) atoms. The van der Waals surface area contributed by atoms with Crippen LogP contribution in [0.25, 0.3) is 0 Å². The van der Waals surface area contributed by atoms with Crippen molar-refractivity contribution in [1.82, 2.24) is 0 Å². The number of halogens is 6. The predicted molar refractivity (Wildman–Crippen MR) is 242 cm³/mol. The number of anilines is 2. The van der Waals surface area contributed by atoms with Gasteiger partial charge in [-0.05, 0) is 107 Å². The highest BCUT2D eigenvalue weighted by Gasteiger charge is 2.32. The normalized spacial score (nSPS) is 11.7. The van der Waals surface area contributed by atoms with Crippen LogP contribution in [-0.2, 0) is 23.2 Å². The van der Waals surface area contributed by atoms with E-state index in [9.17, 15) is 51.3 Å². The highest BCUT2D eigenvalue weighted by molar-refractivity contribution is 5.92. The molecule has 0 spiro atoms. The highest BCUT2D eigenvalue weighted by Crippen LogP contribution is 2.40. The summed E-state index contributed by atoms with van der Waals surface area (Å²) < 4.78 is 87.3. The molecule has 0 aliphatic rings. The molecule has 0 atom stereocenters. The van der Waals surface area contributed by atoms with Crippen LogP contribution in [0, 0.1) is 0 Å². The zero-order chi connectivity index (χ0) is 49.2. The summed E-state index contributed by atoms with van der Waals surface area (Å²) in [7, 11) is 0. The second kappa shape index (κ2) is 21.3. The third kappa shape index (κ3) is 13.5. The van der Waals surface area contributed by atoms with E-state index in [1.165, 1.54) is 24.3 Å². The predicted octanol–water partition coefficient (Wildman–Crippen LogP) is 13.7. The average molecular weight is 919 g/mol. The Morgan fingerprint density at radius 3 is 1.08 bits per heavy atom. The number of carboxylic acid groups (broad SMARTS) is 2. The molecule has 6 aromatic carbocycles. The molecule has 6 aromatic rings. The van der Waals surface area contributed by atoms with Gasteiger partial charge in [-0.3, -0.25) is 0 Å². The number of rotatable bonds is 12. The minimum absolute atomic E-state index is 0.0135. The maximum atomic E-state index is 12.7. The van der Waals surface area contributed by atoms with E-state index in [1.807, 2.05) is 102 Å². The molecule has 0 saturated carbocycles. The molecule has 0 radical (unpaired) electrons. The maximum absolute atomic E-state index is 12.7. The number of ether oxygens (including phenoxy) is 2. The number of alkyl halides is 6. The van der Waals surface area contributed by atoms with Gasteiger partial charge >= 0.3 is 24.3 Å². The molecule has 0 bridgehead atoms. The van der Waals surface area contributed by atoms with Gasteiger partial charge in [0.05, 0.1) is 22.5 Å². The number of aromatic carboxylic acids is 2. The SMILES string of the molecule is CCC(C)(C)c1ccc(Oc2ccc(C(F)(F)F)cc2N)c(C(=O)O)c1.CCC(C)(C)c1ccc(Oc2ccc(C(F)(F)F)cc2N)c(C(=O)O)c1.OC(c1ccccc1)c1ccccc1. The Labute approximate surface area is 379 Å². The molecule has 350 valence electrons. The standard InChI is InChI=1S/2C19H20F3NO3.C13H12O/c2*1-4-18(2,3)11-5-7-15(13(9-11)17(24)25)26-16-8-6-12(10-14(16)23)19(20,21)22;14-13(11-7-3-1-4-8-11)12-9-5-2-6-10-12/h2*5-10H,4,23H2,1-3H3,(H,24,25);1-10,13-14H. The number of nitrogens with two attached hydrogens (primary N) is 2. The van der Waals surface area contributed by atoms with E-state index in [-0.39, 0.29) is 56.3 Å². The highest BCUT2D eigenvalue weighted by atomic mass is 19.4. The topological polar surface area (TPSA) is 165 Å². The van der Waals surface area contributed by atoms with E-state index < -0.39 is 41.5 Å². The van der Waals surface area contributed by atoms with Crippen LogP contribution in [0.15, 0.2) is 133 Å². The fraction of sp³-hybridized carbons (Fsp3) is 0.255. The van der Waals surface area contributed by atoms with Crippen molar-refractivity contribution >= 4 is 23.3 Å². The number of nitrogen functional groups attached to an aromatic ring is 2. The van der Waals surface area contributed by atoms with E-state index in [4.69, 9.17) is 20.9 Å². The average Bonchev–Trinajstić information content (AvgIpc) is 3.27. The van der Waals surface area contributed by atoms with Crippen molar-refractivity contribution in [2.75, 3.05) is 11.5 Å². The van der Waals surface area contributed by atoms with Gasteiger partial charge in [0.15, 0.2) is 0 Å². The minimum atomic E-state index is -4.52. The lowest BCUT2D eigenvalue weighted by Crippen LogP contribution is -2.16. The van der Waals surface area contributed by atoms with Crippen molar-refractivity contribution < 1.29 is 60.7 Å². The molecular weight excluding hydrogens is 867 g/mol. The smallest absolute Gasteiger partial charge is 0.416 e. The fourth-order valence-corrected chi connectivity index (χ4v) is 6.16. The summed E-state index contributed by atoms with van der Waals surface area (Å²) >= 11 is 0. The summed E-state index contributed by atoms with van der Waals surface area (Å²) in [6.45, 7) is 11.9. The first-order valence-corrected chi connectivity index (χ1v) is 20.6. The maximum Gasteiger partial charge on any atom is 0.416 e. The van der Waals surface area contributed by atoms with Crippen molar-refractivity contribution in [3.05, 3.63) is 178 Å². The molecule has 0 heterocycles. The van der Waals surface area contributed by atoms with Crippen molar-refractivity contribution in [1.29, 1.82) is 0 Å². The Bertz CT molecular complexity index is 2420. The van der Waals surface area contributed by atoms with Gasteiger partial charge in [-0.1, -0.05) is 114 Å². The van der Waals surface area contributed by atoms with Crippen molar-refractivity contribution in [3.8, 4) is 23.0 Å². The largest absolute Gasteiger partial charge is 0.478 e. The quantitative estimate of drug-likeness (QED) is 0.0593. The van der Waals surface area contributed by atoms with E-state index >= 15 is 0 Å². The zero-order valence-corrected chi connectivity index (χ0v) is 37.1. The van der Waals surface area contributed by atoms with Crippen LogP contribution in [-0.4, -0.2) is 27.3 Å². The van der Waals surface area contributed by atoms with Gasteiger partial charge in [0.1, 0.15) is 40.2 Å². The van der Waals surface area contributed by atoms with Crippen LogP contribution >= 0.6 is 0 Å². The van der Waals surface area contributed by atoms with Crippen molar-refractivity contribution in [2.45, 2.75) is 83.7 Å². The molecule has 15 heteroatoms. The van der Waals surface area contributed by atoms with Crippen molar-refractivity contribution in [3.63, 3.8) is 0 Å². The van der Waals surface area contributed by atoms with Crippen LogP contribution in [0.3, 0.4) is 0 Å². The monoisotopic (exact) mass is 918 g/mol. The number of aliphatic hydroxyl groups is 1. The second-order valence-corrected chi connectivity index (χ2v) is 16.4. The molecule has 0 aliphatic carbocycles. The van der Waals surface area contributed by atoms with Gasteiger partial charge in [0.2, 0.25) is 0 Å². The number of benzene rings is 6. The van der Waals surface area contributed by atoms with Gasteiger partial charge < -0.3 is 36.3 Å². The third-order valence-corrected chi connectivity index (χ3v) is 11.1. The Hall–Kier alpha value is -7.00. The van der Waals surface area contributed by atoms with Crippen LogP contribution in [0.2, 0.25) is 0 Å². The molecule has 0 unspecified atom stereocenters. The van der Waals surface area contributed by atoms with Gasteiger partial charge in [0, 0.05) is 0 Å². The molecule has 6 rings (SSSR count). The Kier molecular flexibility index (Phi) is 16.7. The van der Waals surface area contributed by atoms with Crippen LogP contribution in [0.4, 0.5) is 37.7 Å². The lowest BCUT2D eigenvalue weighted by molar-refractivity contribution is -0.138. The van der Waals surface area contributed by atoms with E-state index in [2.05, 4.69) is 0 Å². The second-order valence-electron chi connectivity index (χ2n) is 16.4. The van der Waals surface area contributed by atoms with E-state index in [1.54, 1.807) is 12.1 Å². The number of carboxylic acids is 2. The number of hydrogen-bond donors (Lipinski definition) is 5. The molecule has 0 amide bonds. The molecule has 0 saturated heterocycles. The molecule has 9 nitrogen and oxygen atoms in total. The lowest BCUT2D eigenvalue weighted by atomic mass is 9.81. The molecular formula is C51H52F6N2O7. The van der Waals surface area contributed by atoms with Gasteiger partial charge in [-0.15, -0.1) is 0 Å². The van der Waals surface area contributed by atoms with Gasteiger partial charge in [0.25, 0.3) is 0 Å². The Morgan fingerprint density at radius 2 is 0.803 bits per heavy atom. The minimum Gasteiger partial charge on any atom is -0.478 e. The summed E-state index contributed by atoms with van der Waals surface area (Å²) in [5, 5.41) is 28.9. The number of aliphatic hydroxyl groups excluding tert-OH is 1. The summed E-state index contributed by atoms with van der Waals surface area (Å²) in [4.78, 5) is 23.2. The molecule has 7 N–H and O–H groups in total. The summed E-state index contributed by atoms with van der Waals surface area (Å²) in [6.07, 6.45) is -7.95. The molecule has 0 aliphatic heterocycles. The molecule has 0 aromatic heterocycles. The first kappa shape index (κ1) is 51.6. The summed E-state index contributed by atoms with van der Waals surface area (Å²) in [5.74, 6) is -2.44. The lowest BCUT2D eigenvalue weighted by Gasteiger charge is -2.24. The van der Waals surface area contributed by atoms with Crippen LogP contribution < -0.4 is 20.9 Å². The van der Waals surface area contributed by atoms with Crippen LogP contribution in [0.1, 0.15) is 115 Å². The number of carbonyl (C=O) groups is 2. The first-order valence-electron chi connectivity index (χ1n) is 20.6. The fourth-order valence-electron chi connectivity index (χ4n) is 6.16. The van der Waals surface area contributed by atoms with E-state index in [0.29, 0.717) is 0 Å². The van der Waals surface area contributed by atoms with Crippen molar-refractivity contribution in [2.24, 2.45) is 0 Å². The Balaban J connectivity index is 0.000000226. The summed E-state index contributed by atoms with van der Waals surface area (Å²) in [5.41, 5.74) is 11.9. The van der Waals surface area contributed by atoms with Gasteiger partial charge in [-0.2, -0.15) is 26.3 Å². The summed E-state index contributed by atoms with van der Waals surface area (Å²) in [6, 6.07) is 34.2. The first-order chi connectivity index (χ1) is 30.8. The molecule has 0 fully saturated rings. The Morgan fingerprint density at radius 1 is 0.500 bits per heavy atom. The third-order valence-electron chi connectivity index (χ3n) is 11.1.